The quantitative estimate of drug-likeness (QED) is 0.472. The standard InChI is InChI=1S/C20H33NO2Si/c1-14(2)24(15(3)4,16(5)6)23-21-20-10-8-9-17-13-18(22-7)11-12-19(17)20/h11-16H,8-10H2,1-7H3/b21-20+. The van der Waals surface area contributed by atoms with Crippen molar-refractivity contribution in [3.05, 3.63) is 29.3 Å². The van der Waals surface area contributed by atoms with Gasteiger partial charge in [0.2, 0.25) is 0 Å². The lowest BCUT2D eigenvalue weighted by Crippen LogP contribution is -2.46. The van der Waals surface area contributed by atoms with E-state index in [1.54, 1.807) is 7.11 Å². The Bertz CT molecular complexity index is 572. The summed E-state index contributed by atoms with van der Waals surface area (Å²) in [6.45, 7) is 13.8. The fourth-order valence-corrected chi connectivity index (χ4v) is 9.21. The summed E-state index contributed by atoms with van der Waals surface area (Å²) in [7, 11) is -0.244. The Hall–Kier alpha value is -1.29. The minimum absolute atomic E-state index is 0.542. The van der Waals surface area contributed by atoms with Crippen LogP contribution in [0.1, 0.15) is 65.5 Å². The van der Waals surface area contributed by atoms with Gasteiger partial charge < -0.3 is 9.26 Å². The molecule has 0 radical (unpaired) electrons. The molecule has 0 amide bonds. The summed E-state index contributed by atoms with van der Waals surface area (Å²) >= 11 is 0. The van der Waals surface area contributed by atoms with Crippen LogP contribution in [0.25, 0.3) is 0 Å². The van der Waals surface area contributed by atoms with Crippen LogP contribution >= 0.6 is 0 Å². The average Bonchev–Trinajstić information content (AvgIpc) is 2.53. The van der Waals surface area contributed by atoms with E-state index >= 15 is 0 Å². The largest absolute Gasteiger partial charge is 0.497 e. The maximum atomic E-state index is 6.46. The van der Waals surface area contributed by atoms with Crippen LogP contribution in [0.5, 0.6) is 5.75 Å². The van der Waals surface area contributed by atoms with Crippen LogP contribution in [0.3, 0.4) is 0 Å². The third-order valence-electron chi connectivity index (χ3n) is 5.50. The second kappa shape index (κ2) is 7.73. The van der Waals surface area contributed by atoms with Crippen molar-refractivity contribution in [2.75, 3.05) is 7.11 Å². The van der Waals surface area contributed by atoms with E-state index in [0.717, 1.165) is 30.7 Å². The van der Waals surface area contributed by atoms with Crippen LogP contribution in [-0.2, 0) is 10.9 Å². The van der Waals surface area contributed by atoms with Crippen molar-refractivity contribution in [3.63, 3.8) is 0 Å². The zero-order valence-corrected chi connectivity index (χ0v) is 17.3. The highest BCUT2D eigenvalue weighted by Gasteiger charge is 2.48. The van der Waals surface area contributed by atoms with Gasteiger partial charge in [0.25, 0.3) is 8.32 Å². The monoisotopic (exact) mass is 347 g/mol. The van der Waals surface area contributed by atoms with Crippen molar-refractivity contribution in [2.24, 2.45) is 5.16 Å². The SMILES string of the molecule is COc1ccc2c(c1)CCC/C2=N\O[Si](C(C)C)(C(C)C)C(C)C. The van der Waals surface area contributed by atoms with Gasteiger partial charge in [0.05, 0.1) is 12.8 Å². The van der Waals surface area contributed by atoms with Crippen LogP contribution < -0.4 is 4.74 Å². The number of nitrogens with zero attached hydrogens (tertiary/aromatic N) is 1. The third kappa shape index (κ3) is 3.53. The van der Waals surface area contributed by atoms with E-state index in [9.17, 15) is 0 Å². The predicted molar refractivity (Wildman–Crippen MR) is 105 cm³/mol. The minimum Gasteiger partial charge on any atom is -0.497 e. The molecule has 4 heteroatoms. The summed E-state index contributed by atoms with van der Waals surface area (Å²) in [5, 5.41) is 4.75. The first-order chi connectivity index (χ1) is 11.3. The lowest BCUT2D eigenvalue weighted by atomic mass is 9.90. The van der Waals surface area contributed by atoms with Crippen molar-refractivity contribution >= 4 is 14.0 Å². The number of aryl methyl sites for hydroxylation is 1. The first kappa shape index (κ1) is 19.0. The maximum absolute atomic E-state index is 6.46. The number of rotatable bonds is 6. The molecular formula is C20H33NO2Si. The second-order valence-electron chi connectivity index (χ2n) is 7.82. The molecule has 1 aliphatic rings. The molecule has 0 saturated carbocycles. The Kier molecular flexibility index (Phi) is 6.13. The molecular weight excluding hydrogens is 314 g/mol. The van der Waals surface area contributed by atoms with Crippen molar-refractivity contribution in [1.29, 1.82) is 0 Å². The molecule has 0 atom stereocenters. The summed E-state index contributed by atoms with van der Waals surface area (Å²) in [4.78, 5) is 0. The second-order valence-corrected chi connectivity index (χ2v) is 13.2. The highest BCUT2D eigenvalue weighted by Crippen LogP contribution is 2.42. The Morgan fingerprint density at radius 2 is 1.58 bits per heavy atom. The lowest BCUT2D eigenvalue weighted by Gasteiger charge is -2.39. The van der Waals surface area contributed by atoms with Gasteiger partial charge >= 0.3 is 0 Å². The van der Waals surface area contributed by atoms with E-state index in [-0.39, 0.29) is 0 Å². The summed E-state index contributed by atoms with van der Waals surface area (Å²) in [6, 6.07) is 6.30. The van der Waals surface area contributed by atoms with Gasteiger partial charge in [-0.1, -0.05) is 41.5 Å². The fourth-order valence-electron chi connectivity index (χ4n) is 4.31. The van der Waals surface area contributed by atoms with E-state index in [4.69, 9.17) is 14.4 Å². The molecule has 0 aromatic heterocycles. The fraction of sp³-hybridized carbons (Fsp3) is 0.650. The maximum Gasteiger partial charge on any atom is 0.295 e. The van der Waals surface area contributed by atoms with Crippen LogP contribution in [0.2, 0.25) is 16.6 Å². The zero-order chi connectivity index (χ0) is 17.9. The van der Waals surface area contributed by atoms with Gasteiger partial charge in [-0.25, -0.2) is 0 Å². The number of oxime groups is 1. The molecule has 0 aliphatic heterocycles. The molecule has 1 aliphatic carbocycles. The number of methoxy groups -OCH3 is 1. The topological polar surface area (TPSA) is 30.8 Å². The van der Waals surface area contributed by atoms with Gasteiger partial charge in [-0.15, -0.1) is 5.16 Å². The molecule has 0 saturated heterocycles. The van der Waals surface area contributed by atoms with Crippen LogP contribution in [0, 0.1) is 0 Å². The van der Waals surface area contributed by atoms with E-state index in [1.165, 1.54) is 11.1 Å². The van der Waals surface area contributed by atoms with Crippen molar-refractivity contribution in [1.82, 2.24) is 0 Å². The molecule has 1 aromatic carbocycles. The zero-order valence-electron chi connectivity index (χ0n) is 16.3. The van der Waals surface area contributed by atoms with Gasteiger partial charge in [-0.05, 0) is 59.6 Å². The summed E-state index contributed by atoms with van der Waals surface area (Å²) in [6.07, 6.45) is 3.21. The Labute approximate surface area is 148 Å². The molecule has 134 valence electrons. The van der Waals surface area contributed by atoms with Crippen LogP contribution in [-0.4, -0.2) is 21.1 Å². The average molecular weight is 348 g/mol. The molecule has 0 fully saturated rings. The van der Waals surface area contributed by atoms with E-state index in [2.05, 4.69) is 53.7 Å². The summed E-state index contributed by atoms with van der Waals surface area (Å²) in [5.74, 6) is 0.922. The third-order valence-corrected chi connectivity index (χ3v) is 11.3. The van der Waals surface area contributed by atoms with Gasteiger partial charge in [-0.3, -0.25) is 0 Å². The molecule has 0 heterocycles. The van der Waals surface area contributed by atoms with Gasteiger partial charge in [0, 0.05) is 5.56 Å². The minimum atomic E-state index is -1.96. The van der Waals surface area contributed by atoms with Crippen molar-refractivity contribution in [3.8, 4) is 5.75 Å². The Morgan fingerprint density at radius 3 is 2.12 bits per heavy atom. The number of fused-ring (bicyclic) bond motifs is 1. The van der Waals surface area contributed by atoms with E-state index in [0.29, 0.717) is 16.6 Å². The first-order valence-corrected chi connectivity index (χ1v) is 11.4. The highest BCUT2D eigenvalue weighted by molar-refractivity contribution is 6.77. The number of hydrogen-bond acceptors (Lipinski definition) is 3. The Balaban J connectivity index is 2.35. The molecule has 0 bridgehead atoms. The molecule has 0 spiro atoms. The number of ether oxygens (including phenoxy) is 1. The molecule has 3 nitrogen and oxygen atoms in total. The van der Waals surface area contributed by atoms with Gasteiger partial charge in [0.15, 0.2) is 0 Å². The molecule has 2 rings (SSSR count). The molecule has 0 N–H and O–H groups in total. The van der Waals surface area contributed by atoms with Crippen LogP contribution in [0.4, 0.5) is 0 Å². The van der Waals surface area contributed by atoms with Crippen LogP contribution in [0.15, 0.2) is 23.4 Å². The van der Waals surface area contributed by atoms with E-state index in [1.807, 2.05) is 6.07 Å². The van der Waals surface area contributed by atoms with Crippen molar-refractivity contribution in [2.45, 2.75) is 77.4 Å². The molecule has 24 heavy (non-hydrogen) atoms. The van der Waals surface area contributed by atoms with E-state index < -0.39 is 8.32 Å². The highest BCUT2D eigenvalue weighted by atomic mass is 28.4. The smallest absolute Gasteiger partial charge is 0.295 e. The van der Waals surface area contributed by atoms with Gasteiger partial charge in [-0.2, -0.15) is 0 Å². The Morgan fingerprint density at radius 1 is 0.958 bits per heavy atom. The number of benzene rings is 1. The predicted octanol–water partition coefficient (Wildman–Crippen LogP) is 5.93. The molecule has 0 unspecified atom stereocenters. The molecule has 1 aromatic rings. The summed E-state index contributed by atoms with van der Waals surface area (Å²) in [5.41, 5.74) is 5.30. The van der Waals surface area contributed by atoms with Crippen molar-refractivity contribution < 1.29 is 9.26 Å². The normalized spacial score (nSPS) is 16.8. The first-order valence-electron chi connectivity index (χ1n) is 9.25. The van der Waals surface area contributed by atoms with Gasteiger partial charge in [0.1, 0.15) is 5.75 Å². The lowest BCUT2D eigenvalue weighted by molar-refractivity contribution is 0.295. The summed E-state index contributed by atoms with van der Waals surface area (Å²) < 4.78 is 11.8. The number of hydrogen-bond donors (Lipinski definition) is 0.